The summed E-state index contributed by atoms with van der Waals surface area (Å²) >= 11 is 1.90. The van der Waals surface area contributed by atoms with Gasteiger partial charge in [0.25, 0.3) is 0 Å². The van der Waals surface area contributed by atoms with Crippen molar-refractivity contribution >= 4 is 21.6 Å². The maximum atomic E-state index is 11.3. The van der Waals surface area contributed by atoms with E-state index in [9.17, 15) is 8.42 Å². The van der Waals surface area contributed by atoms with Gasteiger partial charge in [0.1, 0.15) is 0 Å². The van der Waals surface area contributed by atoms with Crippen LogP contribution in [-0.2, 0) is 9.84 Å². The summed E-state index contributed by atoms with van der Waals surface area (Å²) in [7, 11) is -2.74. The molecule has 82 valence electrons. The zero-order valence-corrected chi connectivity index (χ0v) is 10.3. The first-order valence-electron chi connectivity index (χ1n) is 4.96. The largest absolute Gasteiger partial charge is 0.297 e. The van der Waals surface area contributed by atoms with Gasteiger partial charge in [-0.15, -0.1) is 11.8 Å². The predicted molar refractivity (Wildman–Crippen MR) is 60.3 cm³/mol. The lowest BCUT2D eigenvalue weighted by molar-refractivity contribution is 0.343. The molecule has 0 unspecified atom stereocenters. The van der Waals surface area contributed by atoms with Gasteiger partial charge in [-0.3, -0.25) is 5.32 Å². The van der Waals surface area contributed by atoms with Gasteiger partial charge < -0.3 is 0 Å². The van der Waals surface area contributed by atoms with E-state index in [-0.39, 0.29) is 10.4 Å². The summed E-state index contributed by atoms with van der Waals surface area (Å²) < 4.78 is 22.6. The fraction of sp³-hybridized carbons (Fsp3) is 1.00. The Morgan fingerprint density at radius 2 is 1.79 bits per heavy atom. The number of nitrogens with one attached hydrogen (secondary N) is 1. The van der Waals surface area contributed by atoms with Gasteiger partial charge in [0.15, 0.2) is 9.84 Å². The quantitative estimate of drug-likeness (QED) is 0.680. The Hall–Kier alpha value is 0.260. The Bertz CT molecular complexity index is 321. The van der Waals surface area contributed by atoms with Crippen molar-refractivity contribution in [3.8, 4) is 0 Å². The molecule has 2 heterocycles. The zero-order chi connectivity index (χ0) is 10.4. The molecule has 0 amide bonds. The molecular formula is C9H17NO2S2. The molecule has 0 radical (unpaired) electrons. The summed E-state index contributed by atoms with van der Waals surface area (Å²) in [5.41, 5.74) is 0.159. The topological polar surface area (TPSA) is 46.2 Å². The fourth-order valence-electron chi connectivity index (χ4n) is 2.14. The SMILES string of the molecule is CC1(C)CSC2(CCS(=O)(=O)CC2)N1. The molecule has 0 saturated carbocycles. The maximum Gasteiger partial charge on any atom is 0.150 e. The summed E-state index contributed by atoms with van der Waals surface area (Å²) in [5.74, 6) is 1.78. The molecule has 1 spiro atoms. The van der Waals surface area contributed by atoms with Gasteiger partial charge in [0, 0.05) is 11.3 Å². The molecule has 3 nitrogen and oxygen atoms in total. The second kappa shape index (κ2) is 3.12. The molecule has 2 saturated heterocycles. The first-order valence-corrected chi connectivity index (χ1v) is 7.77. The molecule has 2 aliphatic heterocycles. The Labute approximate surface area is 89.9 Å². The molecule has 0 bridgehead atoms. The number of thioether (sulfide) groups is 1. The summed E-state index contributed by atoms with van der Waals surface area (Å²) in [5, 5.41) is 3.58. The second-order valence-electron chi connectivity index (χ2n) is 4.94. The van der Waals surface area contributed by atoms with Crippen LogP contribution in [0.15, 0.2) is 0 Å². The highest BCUT2D eigenvalue weighted by atomic mass is 32.2. The van der Waals surface area contributed by atoms with Crippen LogP contribution in [0.5, 0.6) is 0 Å². The normalized spacial score (nSPS) is 33.3. The lowest BCUT2D eigenvalue weighted by Gasteiger charge is -2.34. The monoisotopic (exact) mass is 235 g/mol. The van der Waals surface area contributed by atoms with Crippen molar-refractivity contribution in [1.29, 1.82) is 0 Å². The Morgan fingerprint density at radius 1 is 1.21 bits per heavy atom. The highest BCUT2D eigenvalue weighted by Crippen LogP contribution is 2.42. The van der Waals surface area contributed by atoms with Crippen molar-refractivity contribution in [2.45, 2.75) is 37.1 Å². The molecule has 5 heteroatoms. The van der Waals surface area contributed by atoms with Crippen LogP contribution >= 0.6 is 11.8 Å². The number of hydrogen-bond acceptors (Lipinski definition) is 4. The third-order valence-electron chi connectivity index (χ3n) is 2.91. The number of hydrogen-bond donors (Lipinski definition) is 1. The lowest BCUT2D eigenvalue weighted by atomic mass is 10.0. The van der Waals surface area contributed by atoms with Gasteiger partial charge in [-0.1, -0.05) is 0 Å². The van der Waals surface area contributed by atoms with Crippen molar-refractivity contribution in [1.82, 2.24) is 5.32 Å². The first-order chi connectivity index (χ1) is 6.33. The van der Waals surface area contributed by atoms with Crippen molar-refractivity contribution in [3.05, 3.63) is 0 Å². The fourth-order valence-corrected chi connectivity index (χ4v) is 5.48. The number of rotatable bonds is 0. The van der Waals surface area contributed by atoms with E-state index in [0.717, 1.165) is 18.6 Å². The molecule has 0 aliphatic carbocycles. The minimum absolute atomic E-state index is 0.0504. The van der Waals surface area contributed by atoms with Gasteiger partial charge in [0.05, 0.1) is 16.4 Å². The van der Waals surface area contributed by atoms with Crippen LogP contribution in [0, 0.1) is 0 Å². The van der Waals surface area contributed by atoms with Gasteiger partial charge in [-0.25, -0.2) is 8.42 Å². The molecule has 1 N–H and O–H groups in total. The summed E-state index contributed by atoms with van der Waals surface area (Å²) in [6.45, 7) is 4.36. The van der Waals surface area contributed by atoms with E-state index < -0.39 is 9.84 Å². The van der Waals surface area contributed by atoms with E-state index in [1.807, 2.05) is 11.8 Å². The Kier molecular flexibility index (Phi) is 2.40. The minimum atomic E-state index is -2.74. The molecule has 0 atom stereocenters. The molecule has 0 aromatic heterocycles. The van der Waals surface area contributed by atoms with Crippen molar-refractivity contribution in [2.75, 3.05) is 17.3 Å². The van der Waals surface area contributed by atoms with E-state index in [0.29, 0.717) is 11.5 Å². The van der Waals surface area contributed by atoms with Crippen molar-refractivity contribution in [3.63, 3.8) is 0 Å². The van der Waals surface area contributed by atoms with Crippen LogP contribution in [0.1, 0.15) is 26.7 Å². The molecule has 2 fully saturated rings. The van der Waals surface area contributed by atoms with Crippen LogP contribution in [-0.4, -0.2) is 36.1 Å². The molecule has 0 aromatic rings. The number of sulfone groups is 1. The van der Waals surface area contributed by atoms with Gasteiger partial charge in [-0.2, -0.15) is 0 Å². The van der Waals surface area contributed by atoms with Gasteiger partial charge >= 0.3 is 0 Å². The smallest absolute Gasteiger partial charge is 0.150 e. The molecule has 0 aromatic carbocycles. The average Bonchev–Trinajstić information content (AvgIpc) is 2.36. The first kappa shape index (κ1) is 10.8. The molecule has 14 heavy (non-hydrogen) atoms. The average molecular weight is 235 g/mol. The van der Waals surface area contributed by atoms with Crippen molar-refractivity contribution < 1.29 is 8.42 Å². The molecule has 2 rings (SSSR count). The van der Waals surface area contributed by atoms with Crippen LogP contribution in [0.25, 0.3) is 0 Å². The zero-order valence-electron chi connectivity index (χ0n) is 8.67. The third-order valence-corrected chi connectivity index (χ3v) is 6.49. The summed E-state index contributed by atoms with van der Waals surface area (Å²) in [4.78, 5) is 0.0504. The second-order valence-corrected chi connectivity index (χ2v) is 8.61. The van der Waals surface area contributed by atoms with E-state index in [2.05, 4.69) is 19.2 Å². The van der Waals surface area contributed by atoms with Crippen LogP contribution in [0.4, 0.5) is 0 Å². The highest BCUT2D eigenvalue weighted by Gasteiger charge is 2.46. The molecule has 2 aliphatic rings. The standard InChI is InChI=1S/C9H17NO2S2/c1-8(2)7-13-9(10-8)3-5-14(11,12)6-4-9/h10H,3-7H2,1-2H3. The van der Waals surface area contributed by atoms with E-state index in [1.165, 1.54) is 0 Å². The maximum absolute atomic E-state index is 11.3. The summed E-state index contributed by atoms with van der Waals surface area (Å²) in [6.07, 6.45) is 1.53. The predicted octanol–water partition coefficient (Wildman–Crippen LogP) is 1.01. The highest BCUT2D eigenvalue weighted by molar-refractivity contribution is 8.01. The minimum Gasteiger partial charge on any atom is -0.297 e. The van der Waals surface area contributed by atoms with E-state index >= 15 is 0 Å². The Balaban J connectivity index is 2.08. The van der Waals surface area contributed by atoms with Crippen LogP contribution in [0.2, 0.25) is 0 Å². The van der Waals surface area contributed by atoms with Crippen molar-refractivity contribution in [2.24, 2.45) is 0 Å². The van der Waals surface area contributed by atoms with Gasteiger partial charge in [0.2, 0.25) is 0 Å². The van der Waals surface area contributed by atoms with E-state index in [4.69, 9.17) is 0 Å². The molecular weight excluding hydrogens is 218 g/mol. The third kappa shape index (κ3) is 2.09. The van der Waals surface area contributed by atoms with Crippen LogP contribution < -0.4 is 5.32 Å². The van der Waals surface area contributed by atoms with Crippen LogP contribution in [0.3, 0.4) is 0 Å². The summed E-state index contributed by atoms with van der Waals surface area (Å²) in [6, 6.07) is 0. The Morgan fingerprint density at radius 3 is 2.21 bits per heavy atom. The lowest BCUT2D eigenvalue weighted by Crippen LogP contribution is -2.51. The van der Waals surface area contributed by atoms with E-state index in [1.54, 1.807) is 0 Å². The van der Waals surface area contributed by atoms with Gasteiger partial charge in [-0.05, 0) is 26.7 Å².